The molecule has 0 spiro atoms. The minimum Gasteiger partial charge on any atom is -0.455 e. The van der Waals surface area contributed by atoms with Crippen molar-refractivity contribution < 1.29 is 14.0 Å². The Morgan fingerprint density at radius 2 is 1.76 bits per heavy atom. The number of halogens is 1. The predicted molar refractivity (Wildman–Crippen MR) is 134 cm³/mol. The van der Waals surface area contributed by atoms with Crippen LogP contribution in [0.1, 0.15) is 50.6 Å². The number of rotatable bonds is 4. The van der Waals surface area contributed by atoms with Crippen LogP contribution in [0.15, 0.2) is 76.2 Å². The number of hydrazone groups is 1. The van der Waals surface area contributed by atoms with E-state index in [1.165, 1.54) is 0 Å². The number of hydrogen-bond acceptors (Lipinski definition) is 4. The number of fused-ring (bicyclic) bond motifs is 2. The highest BCUT2D eigenvalue weighted by molar-refractivity contribution is 6.31. The number of anilines is 1. The first-order valence-electron chi connectivity index (χ1n) is 11.1. The lowest BCUT2D eigenvalue weighted by molar-refractivity contribution is 0.0955. The Balaban J connectivity index is 1.41. The quantitative estimate of drug-likeness (QED) is 0.352. The summed E-state index contributed by atoms with van der Waals surface area (Å²) in [5.41, 5.74) is 6.05. The van der Waals surface area contributed by atoms with E-state index in [-0.39, 0.29) is 17.6 Å². The third kappa shape index (κ3) is 4.20. The van der Waals surface area contributed by atoms with Crippen LogP contribution < -0.4 is 10.7 Å². The number of amides is 2. The van der Waals surface area contributed by atoms with Crippen LogP contribution in [0.4, 0.5) is 5.69 Å². The van der Waals surface area contributed by atoms with Crippen molar-refractivity contribution in [3.63, 3.8) is 0 Å². The molecule has 7 heteroatoms. The zero-order valence-corrected chi connectivity index (χ0v) is 19.3. The molecule has 0 bridgehead atoms. The summed E-state index contributed by atoms with van der Waals surface area (Å²) >= 11 is 6.02. The summed E-state index contributed by atoms with van der Waals surface area (Å²) < 4.78 is 5.94. The van der Waals surface area contributed by atoms with Gasteiger partial charge in [-0.25, -0.2) is 5.43 Å². The Hall–Kier alpha value is -3.90. The first-order chi connectivity index (χ1) is 16.5. The lowest BCUT2D eigenvalue weighted by Crippen LogP contribution is -2.22. The monoisotopic (exact) mass is 471 g/mol. The molecule has 34 heavy (non-hydrogen) atoms. The second-order valence-electron chi connectivity index (χ2n) is 8.20. The molecule has 3 aromatic carbocycles. The number of nitrogens with zero attached hydrogens (tertiary/aromatic N) is 1. The van der Waals surface area contributed by atoms with Gasteiger partial charge in [-0.1, -0.05) is 54.1 Å². The van der Waals surface area contributed by atoms with E-state index < -0.39 is 0 Å². The highest BCUT2D eigenvalue weighted by atomic mass is 35.5. The minimum absolute atomic E-state index is 0.236. The van der Waals surface area contributed by atoms with Crippen LogP contribution in [0.5, 0.6) is 0 Å². The number of nitrogens with one attached hydrogen (secondary N) is 2. The summed E-state index contributed by atoms with van der Waals surface area (Å²) in [6.07, 6.45) is 2.20. The van der Waals surface area contributed by atoms with Crippen molar-refractivity contribution in [2.24, 2.45) is 5.10 Å². The zero-order valence-electron chi connectivity index (χ0n) is 18.5. The van der Waals surface area contributed by atoms with Crippen molar-refractivity contribution in [2.45, 2.75) is 26.2 Å². The molecule has 4 aromatic rings. The van der Waals surface area contributed by atoms with Gasteiger partial charge in [0.25, 0.3) is 11.8 Å². The Morgan fingerprint density at radius 1 is 0.971 bits per heavy atom. The third-order valence-corrected chi connectivity index (χ3v) is 6.18. The molecule has 1 heterocycles. The van der Waals surface area contributed by atoms with Gasteiger partial charge in [0.05, 0.1) is 5.71 Å². The van der Waals surface area contributed by atoms with E-state index in [0.717, 1.165) is 22.8 Å². The first-order valence-corrected chi connectivity index (χ1v) is 11.4. The van der Waals surface area contributed by atoms with Gasteiger partial charge in [-0.2, -0.15) is 5.10 Å². The molecule has 2 N–H and O–H groups in total. The summed E-state index contributed by atoms with van der Waals surface area (Å²) in [5.74, 6) is 0.308. The zero-order chi connectivity index (χ0) is 23.7. The van der Waals surface area contributed by atoms with E-state index in [0.29, 0.717) is 46.2 Å². The topological polar surface area (TPSA) is 83.7 Å². The van der Waals surface area contributed by atoms with Gasteiger partial charge in [0.15, 0.2) is 5.76 Å². The van der Waals surface area contributed by atoms with E-state index in [1.807, 2.05) is 43.3 Å². The Morgan fingerprint density at radius 3 is 2.62 bits per heavy atom. The molecular formula is C27H22ClN3O3. The van der Waals surface area contributed by atoms with Crippen LogP contribution in [0.2, 0.25) is 5.02 Å². The van der Waals surface area contributed by atoms with Crippen LogP contribution in [0, 0.1) is 6.92 Å². The van der Waals surface area contributed by atoms with Gasteiger partial charge in [0, 0.05) is 33.8 Å². The number of aryl methyl sites for hydroxylation is 1. The maximum Gasteiger partial charge on any atom is 0.291 e. The largest absolute Gasteiger partial charge is 0.455 e. The van der Waals surface area contributed by atoms with Crippen LogP contribution >= 0.6 is 11.6 Å². The lowest BCUT2D eigenvalue weighted by Gasteiger charge is -2.13. The molecule has 0 radical (unpaired) electrons. The fourth-order valence-corrected chi connectivity index (χ4v) is 4.54. The van der Waals surface area contributed by atoms with Crippen molar-refractivity contribution in [3.8, 4) is 0 Å². The SMILES string of the molecule is Cc1c(C(=O)Nc2cccc(Cl)c2)oc2c1/C(=N/NC(=O)c1cccc3ccccc13)CCC2. The molecule has 0 atom stereocenters. The van der Waals surface area contributed by atoms with Crippen molar-refractivity contribution in [1.82, 2.24) is 5.43 Å². The number of benzene rings is 3. The van der Waals surface area contributed by atoms with Crippen LogP contribution in [0.3, 0.4) is 0 Å². The Labute approximate surface area is 201 Å². The summed E-state index contributed by atoms with van der Waals surface area (Å²) in [4.78, 5) is 25.8. The summed E-state index contributed by atoms with van der Waals surface area (Å²) in [6.45, 7) is 1.84. The molecule has 6 nitrogen and oxygen atoms in total. The molecule has 1 aliphatic carbocycles. The Kier molecular flexibility index (Phi) is 5.90. The summed E-state index contributed by atoms with van der Waals surface area (Å²) in [7, 11) is 0. The van der Waals surface area contributed by atoms with E-state index >= 15 is 0 Å². The highest BCUT2D eigenvalue weighted by Crippen LogP contribution is 2.30. The minimum atomic E-state index is -0.353. The molecule has 0 fully saturated rings. The van der Waals surface area contributed by atoms with Gasteiger partial charge in [-0.3, -0.25) is 9.59 Å². The number of carbonyl (C=O) groups is 2. The Bertz CT molecular complexity index is 1450. The number of furan rings is 1. The lowest BCUT2D eigenvalue weighted by atomic mass is 9.93. The molecule has 170 valence electrons. The van der Waals surface area contributed by atoms with E-state index in [2.05, 4.69) is 15.8 Å². The summed E-state index contributed by atoms with van der Waals surface area (Å²) in [5, 5.41) is 9.66. The molecule has 5 rings (SSSR count). The third-order valence-electron chi connectivity index (χ3n) is 5.94. The molecule has 0 saturated heterocycles. The summed E-state index contributed by atoms with van der Waals surface area (Å²) in [6, 6.07) is 20.3. The molecule has 0 unspecified atom stereocenters. The van der Waals surface area contributed by atoms with Crippen LogP contribution in [-0.4, -0.2) is 17.5 Å². The van der Waals surface area contributed by atoms with Crippen molar-refractivity contribution in [3.05, 3.63) is 100.0 Å². The standard InChI is InChI=1S/C27H22ClN3O3/c1-16-24-22(30-31-26(32)21-12-4-8-17-7-2-3-11-20(17)21)13-6-14-23(24)34-25(16)27(33)29-19-10-5-9-18(28)15-19/h2-5,7-12,15H,6,13-14H2,1H3,(H,29,33)(H,31,32)/b30-22+. The maximum absolute atomic E-state index is 12.9. The fourth-order valence-electron chi connectivity index (χ4n) is 4.35. The van der Waals surface area contributed by atoms with E-state index in [9.17, 15) is 9.59 Å². The molecule has 1 aromatic heterocycles. The second-order valence-corrected chi connectivity index (χ2v) is 8.63. The van der Waals surface area contributed by atoms with Gasteiger partial charge >= 0.3 is 0 Å². The normalized spacial score (nSPS) is 14.1. The molecular weight excluding hydrogens is 450 g/mol. The average molecular weight is 472 g/mol. The smallest absolute Gasteiger partial charge is 0.291 e. The average Bonchev–Trinajstić information content (AvgIpc) is 3.19. The van der Waals surface area contributed by atoms with E-state index in [4.69, 9.17) is 16.0 Å². The van der Waals surface area contributed by atoms with Crippen LogP contribution in [-0.2, 0) is 6.42 Å². The molecule has 2 amide bonds. The number of hydrogen-bond donors (Lipinski definition) is 2. The van der Waals surface area contributed by atoms with Crippen LogP contribution in [0.25, 0.3) is 10.8 Å². The second kappa shape index (κ2) is 9.15. The van der Waals surface area contributed by atoms with Gasteiger partial charge in [0.2, 0.25) is 0 Å². The van der Waals surface area contributed by atoms with Gasteiger partial charge < -0.3 is 9.73 Å². The van der Waals surface area contributed by atoms with Gasteiger partial charge in [-0.05, 0) is 54.8 Å². The fraction of sp³-hybridized carbons (Fsp3) is 0.148. The molecule has 0 saturated carbocycles. The van der Waals surface area contributed by atoms with Crippen molar-refractivity contribution >= 4 is 45.6 Å². The van der Waals surface area contributed by atoms with Crippen molar-refractivity contribution in [2.75, 3.05) is 5.32 Å². The van der Waals surface area contributed by atoms with E-state index in [1.54, 1.807) is 30.3 Å². The predicted octanol–water partition coefficient (Wildman–Crippen LogP) is 6.12. The maximum atomic E-state index is 12.9. The van der Waals surface area contributed by atoms with Gasteiger partial charge in [0.1, 0.15) is 5.76 Å². The molecule has 1 aliphatic rings. The molecule has 0 aliphatic heterocycles. The van der Waals surface area contributed by atoms with Crippen molar-refractivity contribution in [1.29, 1.82) is 0 Å². The number of carbonyl (C=O) groups excluding carboxylic acids is 2. The van der Waals surface area contributed by atoms with Gasteiger partial charge in [-0.15, -0.1) is 0 Å². The highest BCUT2D eigenvalue weighted by Gasteiger charge is 2.28. The first kappa shape index (κ1) is 21.9.